The lowest BCUT2D eigenvalue weighted by Gasteiger charge is -2.06. The summed E-state index contributed by atoms with van der Waals surface area (Å²) >= 11 is 0. The molecule has 112 valence electrons. The standard InChI is InChI=1S/C14H9N7O2/c15-7-9(14-17-19-20-18-14)8-16-12-5-1-4-11-10(12)3-2-6-13(11)21(22)23/h1-6,8,16H,(H,17,18,19,20). The van der Waals surface area contributed by atoms with Crippen molar-refractivity contribution < 1.29 is 4.92 Å². The van der Waals surface area contributed by atoms with Crippen molar-refractivity contribution in [1.29, 1.82) is 5.26 Å². The first-order chi connectivity index (χ1) is 11.2. The number of nitro benzene ring substituents is 1. The van der Waals surface area contributed by atoms with Crippen molar-refractivity contribution in [3.8, 4) is 6.07 Å². The van der Waals surface area contributed by atoms with Crippen molar-refractivity contribution >= 4 is 27.7 Å². The van der Waals surface area contributed by atoms with Gasteiger partial charge < -0.3 is 5.32 Å². The Bertz CT molecular complexity index is 941. The summed E-state index contributed by atoms with van der Waals surface area (Å²) in [5, 5.41) is 37.5. The molecule has 0 saturated carbocycles. The van der Waals surface area contributed by atoms with Gasteiger partial charge in [0.1, 0.15) is 11.6 Å². The number of tetrazole rings is 1. The largest absolute Gasteiger partial charge is 0.360 e. The van der Waals surface area contributed by atoms with Gasteiger partial charge in [-0.25, -0.2) is 0 Å². The van der Waals surface area contributed by atoms with Crippen molar-refractivity contribution in [2.75, 3.05) is 5.32 Å². The van der Waals surface area contributed by atoms with Crippen LogP contribution in [0.5, 0.6) is 0 Å². The second-order valence-electron chi connectivity index (χ2n) is 4.48. The Hall–Kier alpha value is -3.80. The Balaban J connectivity index is 2.03. The zero-order chi connectivity index (χ0) is 16.2. The van der Waals surface area contributed by atoms with Gasteiger partial charge in [0, 0.05) is 23.3 Å². The highest BCUT2D eigenvalue weighted by Crippen LogP contribution is 2.30. The fourth-order valence-electron chi connectivity index (χ4n) is 2.15. The minimum Gasteiger partial charge on any atom is -0.360 e. The molecule has 0 unspecified atom stereocenters. The Morgan fingerprint density at radius 2 is 2.09 bits per heavy atom. The van der Waals surface area contributed by atoms with E-state index in [2.05, 4.69) is 25.9 Å². The van der Waals surface area contributed by atoms with E-state index < -0.39 is 4.92 Å². The molecule has 0 fully saturated rings. The molecular formula is C14H9N7O2. The number of nitriles is 1. The van der Waals surface area contributed by atoms with E-state index in [-0.39, 0.29) is 17.1 Å². The van der Waals surface area contributed by atoms with Crippen LogP contribution < -0.4 is 5.32 Å². The predicted molar refractivity (Wildman–Crippen MR) is 82.0 cm³/mol. The Morgan fingerprint density at radius 1 is 1.30 bits per heavy atom. The molecule has 0 saturated heterocycles. The van der Waals surface area contributed by atoms with E-state index in [1.807, 2.05) is 6.07 Å². The van der Waals surface area contributed by atoms with E-state index in [1.165, 1.54) is 12.3 Å². The average Bonchev–Trinajstić information content (AvgIpc) is 3.09. The lowest BCUT2D eigenvalue weighted by atomic mass is 10.1. The minimum absolute atomic E-state index is 0.0220. The fraction of sp³-hybridized carbons (Fsp3) is 0. The normalized spacial score (nSPS) is 11.2. The molecule has 0 aliphatic rings. The van der Waals surface area contributed by atoms with Gasteiger partial charge >= 0.3 is 0 Å². The van der Waals surface area contributed by atoms with Crippen molar-refractivity contribution in [2.45, 2.75) is 0 Å². The van der Waals surface area contributed by atoms with E-state index in [9.17, 15) is 10.1 Å². The number of benzene rings is 2. The first-order valence-corrected chi connectivity index (χ1v) is 6.47. The molecule has 9 nitrogen and oxygen atoms in total. The molecule has 0 atom stereocenters. The van der Waals surface area contributed by atoms with Gasteiger partial charge in [-0.2, -0.15) is 10.5 Å². The minimum atomic E-state index is -0.429. The average molecular weight is 307 g/mol. The molecule has 0 aliphatic heterocycles. The fourth-order valence-corrected chi connectivity index (χ4v) is 2.15. The number of aromatic amines is 1. The number of anilines is 1. The van der Waals surface area contributed by atoms with Crippen molar-refractivity contribution in [3.05, 3.63) is 58.5 Å². The lowest BCUT2D eigenvalue weighted by Crippen LogP contribution is -1.95. The van der Waals surface area contributed by atoms with Crippen LogP contribution in [0.2, 0.25) is 0 Å². The lowest BCUT2D eigenvalue weighted by molar-refractivity contribution is -0.383. The SMILES string of the molecule is N#CC(=CNc1cccc2c([N+](=O)[O-])cccc12)c1nn[nH]n1. The van der Waals surface area contributed by atoms with Crippen molar-refractivity contribution in [1.82, 2.24) is 20.6 Å². The molecule has 0 aliphatic carbocycles. The number of non-ortho nitro benzene ring substituents is 1. The number of nitrogens with zero attached hydrogens (tertiary/aromatic N) is 5. The summed E-state index contributed by atoms with van der Waals surface area (Å²) < 4.78 is 0. The van der Waals surface area contributed by atoms with Gasteiger partial charge in [-0.15, -0.1) is 10.2 Å². The zero-order valence-electron chi connectivity index (χ0n) is 11.6. The summed E-state index contributed by atoms with van der Waals surface area (Å²) in [6, 6.07) is 11.9. The highest BCUT2D eigenvalue weighted by molar-refractivity contribution is 5.99. The molecule has 3 aromatic rings. The Morgan fingerprint density at radius 3 is 2.78 bits per heavy atom. The summed E-state index contributed by atoms with van der Waals surface area (Å²) in [6.07, 6.45) is 1.43. The van der Waals surface area contributed by atoms with E-state index >= 15 is 0 Å². The molecule has 2 aromatic carbocycles. The number of hydrogen-bond donors (Lipinski definition) is 2. The quantitative estimate of drug-likeness (QED) is 0.429. The predicted octanol–water partition coefficient (Wildman–Crippen LogP) is 2.24. The summed E-state index contributed by atoms with van der Waals surface area (Å²) in [7, 11) is 0. The van der Waals surface area contributed by atoms with Gasteiger partial charge in [-0.1, -0.05) is 18.2 Å². The van der Waals surface area contributed by atoms with Crippen LogP contribution in [0.15, 0.2) is 42.6 Å². The molecule has 9 heteroatoms. The number of nitro groups is 1. The number of rotatable bonds is 4. The number of allylic oxidation sites excluding steroid dienone is 1. The van der Waals surface area contributed by atoms with Crippen molar-refractivity contribution in [3.63, 3.8) is 0 Å². The smallest absolute Gasteiger partial charge is 0.277 e. The van der Waals surface area contributed by atoms with E-state index in [1.54, 1.807) is 30.3 Å². The molecule has 0 radical (unpaired) electrons. The van der Waals surface area contributed by atoms with E-state index in [4.69, 9.17) is 5.26 Å². The molecule has 3 rings (SSSR count). The topological polar surface area (TPSA) is 133 Å². The maximum Gasteiger partial charge on any atom is 0.277 e. The van der Waals surface area contributed by atoms with Gasteiger partial charge in [-0.05, 0) is 17.3 Å². The Labute approximate surface area is 129 Å². The third kappa shape index (κ3) is 2.68. The van der Waals surface area contributed by atoms with Gasteiger partial charge in [0.25, 0.3) is 5.69 Å². The van der Waals surface area contributed by atoms with Gasteiger partial charge in [0.2, 0.25) is 5.82 Å². The van der Waals surface area contributed by atoms with E-state index in [0.717, 1.165) is 0 Å². The van der Waals surface area contributed by atoms with Gasteiger partial charge in [0.15, 0.2) is 0 Å². The molecular weight excluding hydrogens is 298 g/mol. The monoisotopic (exact) mass is 307 g/mol. The van der Waals surface area contributed by atoms with Crippen LogP contribution in [0.25, 0.3) is 16.3 Å². The van der Waals surface area contributed by atoms with Crippen LogP contribution in [0.3, 0.4) is 0 Å². The molecule has 2 N–H and O–H groups in total. The molecule has 23 heavy (non-hydrogen) atoms. The van der Waals surface area contributed by atoms with Crippen LogP contribution in [0, 0.1) is 21.4 Å². The summed E-state index contributed by atoms with van der Waals surface area (Å²) in [5.74, 6) is 0.159. The van der Waals surface area contributed by atoms with Gasteiger partial charge in [-0.3, -0.25) is 10.1 Å². The van der Waals surface area contributed by atoms with Gasteiger partial charge in [0.05, 0.1) is 10.3 Å². The number of H-pyrrole nitrogens is 1. The highest BCUT2D eigenvalue weighted by Gasteiger charge is 2.13. The number of hydrogen-bond acceptors (Lipinski definition) is 7. The van der Waals surface area contributed by atoms with Crippen LogP contribution in [0.4, 0.5) is 11.4 Å². The first kappa shape index (κ1) is 14.2. The molecule has 0 bridgehead atoms. The van der Waals surface area contributed by atoms with Crippen LogP contribution in [-0.4, -0.2) is 25.5 Å². The number of fused-ring (bicyclic) bond motifs is 1. The maximum atomic E-state index is 11.1. The second-order valence-corrected chi connectivity index (χ2v) is 4.48. The van der Waals surface area contributed by atoms with E-state index in [0.29, 0.717) is 16.5 Å². The second kappa shape index (κ2) is 5.90. The molecule has 1 aromatic heterocycles. The summed E-state index contributed by atoms with van der Waals surface area (Å²) in [6.45, 7) is 0. The highest BCUT2D eigenvalue weighted by atomic mass is 16.6. The molecule has 1 heterocycles. The first-order valence-electron chi connectivity index (χ1n) is 6.47. The zero-order valence-corrected chi connectivity index (χ0v) is 11.6. The van der Waals surface area contributed by atoms with Crippen LogP contribution in [-0.2, 0) is 0 Å². The van der Waals surface area contributed by atoms with Crippen LogP contribution >= 0.6 is 0 Å². The molecule has 0 amide bonds. The molecule has 0 spiro atoms. The Kier molecular flexibility index (Phi) is 3.63. The number of aromatic nitrogens is 4. The summed E-state index contributed by atoms with van der Waals surface area (Å²) in [5.41, 5.74) is 0.831. The third-order valence-corrected chi connectivity index (χ3v) is 3.17. The van der Waals surface area contributed by atoms with Crippen LogP contribution in [0.1, 0.15) is 5.82 Å². The summed E-state index contributed by atoms with van der Waals surface area (Å²) in [4.78, 5) is 10.7. The third-order valence-electron chi connectivity index (χ3n) is 3.17. The number of nitrogens with one attached hydrogen (secondary N) is 2. The maximum absolute atomic E-state index is 11.1. The van der Waals surface area contributed by atoms with Crippen molar-refractivity contribution in [2.24, 2.45) is 0 Å².